The van der Waals surface area contributed by atoms with E-state index in [4.69, 9.17) is 4.74 Å². The normalized spacial score (nSPS) is 31.1. The minimum atomic E-state index is -0.0829. The number of carbonyl (C=O) groups is 1. The molecule has 5 heteroatoms. The molecule has 1 amide bonds. The summed E-state index contributed by atoms with van der Waals surface area (Å²) in [5, 5.41) is 9.26. The van der Waals surface area contributed by atoms with Gasteiger partial charge in [0, 0.05) is 7.05 Å². The lowest BCUT2D eigenvalue weighted by atomic mass is 10.00. The van der Waals surface area contributed by atoms with Crippen LogP contribution in [-0.4, -0.2) is 50.8 Å². The first-order valence-corrected chi connectivity index (χ1v) is 6.60. The molecule has 0 aromatic carbocycles. The van der Waals surface area contributed by atoms with Gasteiger partial charge in [0.15, 0.2) is 0 Å². The molecular weight excluding hydrogens is 218 g/mol. The van der Waals surface area contributed by atoms with Crippen LogP contribution in [0.2, 0.25) is 0 Å². The van der Waals surface area contributed by atoms with E-state index in [1.165, 1.54) is 0 Å². The Labute approximate surface area is 103 Å². The van der Waals surface area contributed by atoms with Crippen molar-refractivity contribution < 1.29 is 9.53 Å². The Morgan fingerprint density at radius 2 is 1.88 bits per heavy atom. The van der Waals surface area contributed by atoms with Crippen LogP contribution >= 0.6 is 0 Å². The molecule has 98 valence electrons. The number of nitrogens with one attached hydrogen (secondary N) is 3. The number of rotatable bonds is 3. The standard InChI is InChI=1S/C12H23N3O2/c1-13-12(16)11-8-10(4-7-15-11)17-9-2-5-14-6-3-9/h9-11,14-15H,2-8H2,1H3,(H,13,16). The van der Waals surface area contributed by atoms with E-state index in [1.807, 2.05) is 0 Å². The van der Waals surface area contributed by atoms with Crippen LogP contribution < -0.4 is 16.0 Å². The van der Waals surface area contributed by atoms with Crippen LogP contribution in [0.4, 0.5) is 0 Å². The molecule has 0 radical (unpaired) electrons. The maximum Gasteiger partial charge on any atom is 0.236 e. The number of ether oxygens (including phenoxy) is 1. The summed E-state index contributed by atoms with van der Waals surface area (Å²) in [5.41, 5.74) is 0. The van der Waals surface area contributed by atoms with Crippen LogP contribution in [0, 0.1) is 0 Å². The fraction of sp³-hybridized carbons (Fsp3) is 0.917. The van der Waals surface area contributed by atoms with E-state index >= 15 is 0 Å². The topological polar surface area (TPSA) is 62.4 Å². The molecule has 2 heterocycles. The molecule has 5 nitrogen and oxygen atoms in total. The van der Waals surface area contributed by atoms with Crippen LogP contribution in [-0.2, 0) is 9.53 Å². The van der Waals surface area contributed by atoms with Crippen molar-refractivity contribution in [3.05, 3.63) is 0 Å². The largest absolute Gasteiger partial charge is 0.375 e. The molecule has 3 N–H and O–H groups in total. The Morgan fingerprint density at radius 3 is 2.59 bits per heavy atom. The van der Waals surface area contributed by atoms with Crippen molar-refractivity contribution in [1.29, 1.82) is 0 Å². The summed E-state index contributed by atoms with van der Waals surface area (Å²) in [6, 6.07) is -0.0829. The highest BCUT2D eigenvalue weighted by molar-refractivity contribution is 5.81. The Kier molecular flexibility index (Phi) is 4.76. The van der Waals surface area contributed by atoms with Crippen LogP contribution in [0.15, 0.2) is 0 Å². The molecule has 2 atom stereocenters. The zero-order valence-electron chi connectivity index (χ0n) is 10.5. The average molecular weight is 241 g/mol. The maximum atomic E-state index is 11.6. The van der Waals surface area contributed by atoms with Gasteiger partial charge in [-0.15, -0.1) is 0 Å². The van der Waals surface area contributed by atoms with E-state index < -0.39 is 0 Å². The van der Waals surface area contributed by atoms with Gasteiger partial charge >= 0.3 is 0 Å². The molecule has 0 spiro atoms. The van der Waals surface area contributed by atoms with Gasteiger partial charge in [-0.25, -0.2) is 0 Å². The number of piperidine rings is 2. The van der Waals surface area contributed by atoms with Crippen molar-refractivity contribution in [2.75, 3.05) is 26.7 Å². The lowest BCUT2D eigenvalue weighted by Gasteiger charge is -2.33. The van der Waals surface area contributed by atoms with Gasteiger partial charge in [-0.1, -0.05) is 0 Å². The first kappa shape index (κ1) is 12.8. The van der Waals surface area contributed by atoms with Crippen LogP contribution in [0.5, 0.6) is 0 Å². The monoisotopic (exact) mass is 241 g/mol. The quantitative estimate of drug-likeness (QED) is 0.630. The third kappa shape index (κ3) is 3.66. The second-order valence-electron chi connectivity index (χ2n) is 4.85. The Hall–Kier alpha value is -0.650. The van der Waals surface area contributed by atoms with Gasteiger partial charge in [0.25, 0.3) is 0 Å². The summed E-state index contributed by atoms with van der Waals surface area (Å²) in [4.78, 5) is 11.6. The second-order valence-corrected chi connectivity index (χ2v) is 4.85. The van der Waals surface area contributed by atoms with Crippen molar-refractivity contribution in [2.24, 2.45) is 0 Å². The molecule has 17 heavy (non-hydrogen) atoms. The maximum absolute atomic E-state index is 11.6. The van der Waals surface area contributed by atoms with Crippen LogP contribution in [0.25, 0.3) is 0 Å². The lowest BCUT2D eigenvalue weighted by Crippen LogP contribution is -2.50. The van der Waals surface area contributed by atoms with Gasteiger partial charge < -0.3 is 20.7 Å². The summed E-state index contributed by atoms with van der Waals surface area (Å²) < 4.78 is 6.10. The molecule has 2 saturated heterocycles. The molecule has 0 saturated carbocycles. The first-order valence-electron chi connectivity index (χ1n) is 6.60. The van der Waals surface area contributed by atoms with Gasteiger partial charge in [-0.05, 0) is 45.3 Å². The molecule has 2 rings (SSSR count). The number of amides is 1. The summed E-state index contributed by atoms with van der Waals surface area (Å²) in [6.07, 6.45) is 4.61. The minimum absolute atomic E-state index is 0.0728. The van der Waals surface area contributed by atoms with E-state index in [0.717, 1.165) is 45.3 Å². The van der Waals surface area contributed by atoms with Crippen LogP contribution in [0.1, 0.15) is 25.7 Å². The van der Waals surface area contributed by atoms with E-state index in [0.29, 0.717) is 6.10 Å². The molecule has 0 bridgehead atoms. The van der Waals surface area contributed by atoms with Crippen molar-refractivity contribution >= 4 is 5.91 Å². The zero-order chi connectivity index (χ0) is 12.1. The van der Waals surface area contributed by atoms with Gasteiger partial charge in [-0.3, -0.25) is 4.79 Å². The molecule has 0 aromatic rings. The van der Waals surface area contributed by atoms with Crippen molar-refractivity contribution in [1.82, 2.24) is 16.0 Å². The number of hydrogen-bond acceptors (Lipinski definition) is 4. The number of likely N-dealkylation sites (N-methyl/N-ethyl adjacent to an activating group) is 1. The van der Waals surface area contributed by atoms with E-state index in [1.54, 1.807) is 7.05 Å². The van der Waals surface area contributed by atoms with E-state index in [2.05, 4.69) is 16.0 Å². The number of carbonyl (C=O) groups excluding carboxylic acids is 1. The fourth-order valence-corrected chi connectivity index (χ4v) is 2.58. The van der Waals surface area contributed by atoms with Crippen molar-refractivity contribution in [2.45, 2.75) is 43.9 Å². The predicted octanol–water partition coefficient (Wildman–Crippen LogP) is -0.378. The molecule has 2 aliphatic heterocycles. The van der Waals surface area contributed by atoms with E-state index in [-0.39, 0.29) is 18.1 Å². The van der Waals surface area contributed by atoms with Gasteiger partial charge in [-0.2, -0.15) is 0 Å². The number of hydrogen-bond donors (Lipinski definition) is 3. The molecule has 2 aliphatic rings. The zero-order valence-corrected chi connectivity index (χ0v) is 10.5. The minimum Gasteiger partial charge on any atom is -0.375 e. The predicted molar refractivity (Wildman–Crippen MR) is 65.9 cm³/mol. The smallest absolute Gasteiger partial charge is 0.236 e. The highest BCUT2D eigenvalue weighted by atomic mass is 16.5. The molecule has 2 fully saturated rings. The molecular formula is C12H23N3O2. The lowest BCUT2D eigenvalue weighted by molar-refractivity contribution is -0.125. The average Bonchev–Trinajstić information content (AvgIpc) is 2.39. The highest BCUT2D eigenvalue weighted by Gasteiger charge is 2.28. The van der Waals surface area contributed by atoms with Gasteiger partial charge in [0.05, 0.1) is 18.2 Å². The summed E-state index contributed by atoms with van der Waals surface area (Å²) in [7, 11) is 1.68. The second kappa shape index (κ2) is 6.33. The van der Waals surface area contributed by atoms with Crippen molar-refractivity contribution in [3.8, 4) is 0 Å². The summed E-state index contributed by atoms with van der Waals surface area (Å²) in [6.45, 7) is 2.97. The third-order valence-electron chi connectivity index (χ3n) is 3.59. The summed E-state index contributed by atoms with van der Waals surface area (Å²) in [5.74, 6) is 0.0728. The molecule has 0 aromatic heterocycles. The van der Waals surface area contributed by atoms with Gasteiger partial charge in [0.2, 0.25) is 5.91 Å². The van der Waals surface area contributed by atoms with Gasteiger partial charge in [0.1, 0.15) is 0 Å². The van der Waals surface area contributed by atoms with E-state index in [9.17, 15) is 4.79 Å². The Balaban J connectivity index is 1.78. The van der Waals surface area contributed by atoms with Crippen LogP contribution in [0.3, 0.4) is 0 Å². The Bertz CT molecular complexity index is 254. The fourth-order valence-electron chi connectivity index (χ4n) is 2.58. The third-order valence-corrected chi connectivity index (χ3v) is 3.59. The Morgan fingerprint density at radius 1 is 1.18 bits per heavy atom. The summed E-state index contributed by atoms with van der Waals surface area (Å²) >= 11 is 0. The SMILES string of the molecule is CNC(=O)C1CC(OC2CCNCC2)CCN1. The van der Waals surface area contributed by atoms with Crippen molar-refractivity contribution in [3.63, 3.8) is 0 Å². The molecule has 0 aliphatic carbocycles. The first-order chi connectivity index (χ1) is 8.29. The molecule has 2 unspecified atom stereocenters. The highest BCUT2D eigenvalue weighted by Crippen LogP contribution is 2.18.